The Bertz CT molecular complexity index is 620. The summed E-state index contributed by atoms with van der Waals surface area (Å²) in [7, 11) is 0. The SMILES string of the molecule is CC(=CCOC(=O)C(O)c1ccccc1)CCCC(C)CCCC(C)CCCC(C)C. The highest BCUT2D eigenvalue weighted by Gasteiger charge is 2.17. The highest BCUT2D eigenvalue weighted by atomic mass is 16.5. The van der Waals surface area contributed by atoms with Gasteiger partial charge in [0, 0.05) is 0 Å². The summed E-state index contributed by atoms with van der Waals surface area (Å²) in [6, 6.07) is 8.89. The lowest BCUT2D eigenvalue weighted by atomic mass is 9.91. The molecule has 0 saturated carbocycles. The lowest BCUT2D eigenvalue weighted by molar-refractivity contribution is -0.152. The van der Waals surface area contributed by atoms with E-state index in [9.17, 15) is 9.90 Å². The summed E-state index contributed by atoms with van der Waals surface area (Å²) in [4.78, 5) is 12.0. The van der Waals surface area contributed by atoms with E-state index in [1.54, 1.807) is 24.3 Å². The van der Waals surface area contributed by atoms with Gasteiger partial charge in [-0.3, -0.25) is 0 Å². The number of ether oxygens (including phenoxy) is 1. The number of benzene rings is 1. The Morgan fingerprint density at radius 2 is 1.45 bits per heavy atom. The summed E-state index contributed by atoms with van der Waals surface area (Å²) in [5.41, 5.74) is 1.81. The molecule has 1 aromatic rings. The van der Waals surface area contributed by atoms with Crippen LogP contribution in [0.5, 0.6) is 0 Å². The van der Waals surface area contributed by atoms with Gasteiger partial charge in [-0.25, -0.2) is 4.79 Å². The molecule has 176 valence electrons. The molecule has 0 saturated heterocycles. The molecule has 0 spiro atoms. The third-order valence-electron chi connectivity index (χ3n) is 6.14. The van der Waals surface area contributed by atoms with E-state index in [0.717, 1.165) is 24.2 Å². The summed E-state index contributed by atoms with van der Waals surface area (Å²) in [6.45, 7) is 11.7. The number of hydrogen-bond acceptors (Lipinski definition) is 3. The van der Waals surface area contributed by atoms with Gasteiger partial charge in [-0.1, -0.05) is 109 Å². The molecule has 0 aliphatic heterocycles. The average molecular weight is 431 g/mol. The number of carbonyl (C=O) groups is 1. The molecule has 0 amide bonds. The van der Waals surface area contributed by atoms with Crippen LogP contribution in [0.3, 0.4) is 0 Å². The van der Waals surface area contributed by atoms with Crippen molar-refractivity contribution >= 4 is 5.97 Å². The van der Waals surface area contributed by atoms with Gasteiger partial charge in [0.2, 0.25) is 0 Å². The lowest BCUT2D eigenvalue weighted by Crippen LogP contribution is -2.15. The topological polar surface area (TPSA) is 46.5 Å². The van der Waals surface area contributed by atoms with Crippen LogP contribution in [0.4, 0.5) is 0 Å². The van der Waals surface area contributed by atoms with Crippen LogP contribution in [0, 0.1) is 17.8 Å². The van der Waals surface area contributed by atoms with E-state index in [1.807, 2.05) is 12.1 Å². The second-order valence-electron chi connectivity index (χ2n) is 9.85. The number of esters is 1. The fourth-order valence-corrected chi connectivity index (χ4v) is 3.93. The summed E-state index contributed by atoms with van der Waals surface area (Å²) in [5.74, 6) is 1.87. The predicted molar refractivity (Wildman–Crippen MR) is 131 cm³/mol. The van der Waals surface area contributed by atoms with E-state index in [0.29, 0.717) is 5.56 Å². The largest absolute Gasteiger partial charge is 0.459 e. The number of allylic oxidation sites excluding steroid dienone is 1. The quantitative estimate of drug-likeness (QED) is 0.216. The number of aliphatic hydroxyl groups excluding tert-OH is 1. The van der Waals surface area contributed by atoms with Crippen LogP contribution in [-0.4, -0.2) is 17.7 Å². The van der Waals surface area contributed by atoms with Gasteiger partial charge < -0.3 is 9.84 Å². The summed E-state index contributed by atoms with van der Waals surface area (Å²) in [6.07, 6.45) is 12.4. The zero-order valence-electron chi connectivity index (χ0n) is 20.6. The minimum atomic E-state index is -1.21. The zero-order chi connectivity index (χ0) is 23.1. The van der Waals surface area contributed by atoms with E-state index in [1.165, 1.54) is 56.9 Å². The second kappa shape index (κ2) is 16.1. The summed E-state index contributed by atoms with van der Waals surface area (Å²) < 4.78 is 5.21. The molecule has 0 bridgehead atoms. The Labute approximate surface area is 191 Å². The molecule has 31 heavy (non-hydrogen) atoms. The number of rotatable bonds is 16. The molecule has 0 radical (unpaired) electrons. The summed E-state index contributed by atoms with van der Waals surface area (Å²) in [5, 5.41) is 10.0. The first-order valence-electron chi connectivity index (χ1n) is 12.3. The van der Waals surface area contributed by atoms with Crippen LogP contribution in [0.25, 0.3) is 0 Å². The van der Waals surface area contributed by atoms with Gasteiger partial charge in [0.05, 0.1) is 0 Å². The van der Waals surface area contributed by atoms with Crippen molar-refractivity contribution in [2.75, 3.05) is 6.61 Å². The van der Waals surface area contributed by atoms with Gasteiger partial charge in [0.15, 0.2) is 6.10 Å². The Hall–Kier alpha value is -1.61. The smallest absolute Gasteiger partial charge is 0.339 e. The van der Waals surface area contributed by atoms with E-state index in [2.05, 4.69) is 34.6 Å². The van der Waals surface area contributed by atoms with Crippen LogP contribution < -0.4 is 0 Å². The molecule has 1 N–H and O–H groups in total. The van der Waals surface area contributed by atoms with Crippen molar-refractivity contribution < 1.29 is 14.6 Å². The highest BCUT2D eigenvalue weighted by Crippen LogP contribution is 2.22. The van der Waals surface area contributed by atoms with E-state index >= 15 is 0 Å². The monoisotopic (exact) mass is 430 g/mol. The maximum Gasteiger partial charge on any atom is 0.339 e. The van der Waals surface area contributed by atoms with Gasteiger partial charge >= 0.3 is 5.97 Å². The van der Waals surface area contributed by atoms with Gasteiger partial charge in [-0.05, 0) is 49.2 Å². The van der Waals surface area contributed by atoms with E-state index in [-0.39, 0.29) is 6.61 Å². The number of carbonyl (C=O) groups excluding carboxylic acids is 1. The molecule has 3 unspecified atom stereocenters. The Morgan fingerprint density at radius 1 is 0.903 bits per heavy atom. The molecular formula is C28H46O3. The van der Waals surface area contributed by atoms with Gasteiger partial charge in [0.25, 0.3) is 0 Å². The first kappa shape index (κ1) is 27.4. The molecule has 3 nitrogen and oxygen atoms in total. The first-order valence-corrected chi connectivity index (χ1v) is 12.3. The second-order valence-corrected chi connectivity index (χ2v) is 9.85. The molecule has 1 rings (SSSR count). The minimum Gasteiger partial charge on any atom is -0.459 e. The van der Waals surface area contributed by atoms with Gasteiger partial charge in [0.1, 0.15) is 6.61 Å². The maximum atomic E-state index is 12.0. The zero-order valence-corrected chi connectivity index (χ0v) is 20.6. The third-order valence-corrected chi connectivity index (χ3v) is 6.14. The normalized spacial score (nSPS) is 15.0. The molecule has 0 fully saturated rings. The van der Waals surface area contributed by atoms with Gasteiger partial charge in [-0.2, -0.15) is 0 Å². The maximum absolute atomic E-state index is 12.0. The van der Waals surface area contributed by atoms with Crippen LogP contribution in [-0.2, 0) is 9.53 Å². The molecule has 0 aliphatic rings. The molecule has 3 heteroatoms. The molecule has 3 atom stereocenters. The lowest BCUT2D eigenvalue weighted by Gasteiger charge is -2.15. The Morgan fingerprint density at radius 3 is 2.03 bits per heavy atom. The highest BCUT2D eigenvalue weighted by molar-refractivity contribution is 5.76. The Balaban J connectivity index is 2.12. The molecule has 0 heterocycles. The first-order chi connectivity index (χ1) is 14.8. The van der Waals surface area contributed by atoms with Crippen molar-refractivity contribution in [2.45, 2.75) is 98.5 Å². The van der Waals surface area contributed by atoms with Crippen molar-refractivity contribution in [1.29, 1.82) is 0 Å². The standard InChI is InChI=1S/C28H46O3/c1-22(2)12-9-13-23(3)14-10-15-24(4)16-11-17-25(5)20-21-31-28(30)27(29)26-18-7-6-8-19-26/h6-8,18-20,22-24,27,29H,9-17,21H2,1-5H3. The van der Waals surface area contributed by atoms with Crippen molar-refractivity contribution in [3.05, 3.63) is 47.5 Å². The molecule has 0 aliphatic carbocycles. The van der Waals surface area contributed by atoms with E-state index < -0.39 is 12.1 Å². The molecule has 0 aromatic heterocycles. The molecular weight excluding hydrogens is 384 g/mol. The molecule has 1 aromatic carbocycles. The predicted octanol–water partition coefficient (Wildman–Crippen LogP) is 7.65. The fraction of sp³-hybridized carbons (Fsp3) is 0.679. The average Bonchev–Trinajstić information content (AvgIpc) is 2.73. The van der Waals surface area contributed by atoms with Gasteiger partial charge in [-0.15, -0.1) is 0 Å². The minimum absolute atomic E-state index is 0.221. The van der Waals surface area contributed by atoms with Crippen LogP contribution in [0.2, 0.25) is 0 Å². The van der Waals surface area contributed by atoms with Crippen molar-refractivity contribution in [2.24, 2.45) is 17.8 Å². The van der Waals surface area contributed by atoms with E-state index in [4.69, 9.17) is 4.74 Å². The Kier molecular flexibility index (Phi) is 14.2. The van der Waals surface area contributed by atoms with Crippen molar-refractivity contribution in [3.63, 3.8) is 0 Å². The van der Waals surface area contributed by atoms with Crippen molar-refractivity contribution in [1.82, 2.24) is 0 Å². The third kappa shape index (κ3) is 13.4. The van der Waals surface area contributed by atoms with Crippen LogP contribution >= 0.6 is 0 Å². The van der Waals surface area contributed by atoms with Crippen LogP contribution in [0.15, 0.2) is 42.0 Å². The number of aliphatic hydroxyl groups is 1. The summed E-state index contributed by atoms with van der Waals surface area (Å²) >= 11 is 0. The van der Waals surface area contributed by atoms with Crippen LogP contribution in [0.1, 0.15) is 104 Å². The fourth-order valence-electron chi connectivity index (χ4n) is 3.93. The van der Waals surface area contributed by atoms with Crippen molar-refractivity contribution in [3.8, 4) is 0 Å². The number of hydrogen-bond donors (Lipinski definition) is 1.